The summed E-state index contributed by atoms with van der Waals surface area (Å²) in [6.07, 6.45) is 7.21. The number of sulfone groups is 1. The molecule has 1 aromatic heterocycles. The Labute approximate surface area is 190 Å². The maximum absolute atomic E-state index is 11.7. The Morgan fingerprint density at radius 3 is 2.42 bits per heavy atom. The third-order valence-electron chi connectivity index (χ3n) is 6.69. The Bertz CT molecular complexity index is 1010. The second-order valence-electron chi connectivity index (χ2n) is 9.80. The van der Waals surface area contributed by atoms with E-state index >= 15 is 0 Å². The van der Waals surface area contributed by atoms with Gasteiger partial charge in [0.05, 0.1) is 11.7 Å². The quantitative estimate of drug-likeness (QED) is 0.605. The first kappa shape index (κ1) is 22.7. The fourth-order valence-corrected chi connectivity index (χ4v) is 5.62. The largest absolute Gasteiger partial charge is 0.372 e. The number of rotatable bonds is 7. The normalized spacial score (nSPS) is 26.0. The van der Waals surface area contributed by atoms with Gasteiger partial charge in [-0.1, -0.05) is 29.8 Å². The van der Waals surface area contributed by atoms with Gasteiger partial charge in [-0.15, -0.1) is 0 Å². The zero-order valence-corrected chi connectivity index (χ0v) is 20.0. The molecule has 7 heteroatoms. The first-order chi connectivity index (χ1) is 14.5. The number of pyridine rings is 1. The van der Waals surface area contributed by atoms with Crippen molar-refractivity contribution in [1.29, 1.82) is 0 Å². The van der Waals surface area contributed by atoms with Gasteiger partial charge in [-0.2, -0.15) is 0 Å². The topological polar surface area (TPSA) is 59.5 Å². The molecule has 1 aromatic carbocycles. The Balaban J connectivity index is 1.45. The first-order valence-electron chi connectivity index (χ1n) is 10.8. The third kappa shape index (κ3) is 5.30. The van der Waals surface area contributed by atoms with Gasteiger partial charge in [0.2, 0.25) is 0 Å². The molecule has 0 saturated carbocycles. The van der Waals surface area contributed by atoms with Crippen molar-refractivity contribution in [3.63, 3.8) is 0 Å². The molecule has 0 aliphatic carbocycles. The molecule has 31 heavy (non-hydrogen) atoms. The van der Waals surface area contributed by atoms with Crippen LogP contribution in [0.5, 0.6) is 0 Å². The SMILES string of the molecule is CC1(C)CC([C@]2(CCc3ccc(S(C)(=O)=O)nc3)CCN(Cc3ccc(Cl)cc3)C2)O1. The lowest BCUT2D eigenvalue weighted by Crippen LogP contribution is -2.55. The number of benzene rings is 1. The fraction of sp³-hybridized carbons (Fsp3) is 0.542. The smallest absolute Gasteiger partial charge is 0.192 e. The van der Waals surface area contributed by atoms with Gasteiger partial charge >= 0.3 is 0 Å². The van der Waals surface area contributed by atoms with Gasteiger partial charge in [-0.25, -0.2) is 13.4 Å². The van der Waals surface area contributed by atoms with Crippen LogP contribution in [0.3, 0.4) is 0 Å². The predicted molar refractivity (Wildman–Crippen MR) is 123 cm³/mol. The maximum Gasteiger partial charge on any atom is 0.192 e. The summed E-state index contributed by atoms with van der Waals surface area (Å²) in [6.45, 7) is 7.29. The van der Waals surface area contributed by atoms with Crippen LogP contribution >= 0.6 is 11.6 Å². The number of hydrogen-bond donors (Lipinski definition) is 0. The molecule has 3 heterocycles. The molecular weight excluding hydrogens is 432 g/mol. The second kappa shape index (κ2) is 8.47. The van der Waals surface area contributed by atoms with Gasteiger partial charge in [0, 0.05) is 42.4 Å². The van der Waals surface area contributed by atoms with E-state index in [0.717, 1.165) is 55.9 Å². The molecule has 1 unspecified atom stereocenters. The number of nitrogens with zero attached hydrogens (tertiary/aromatic N) is 2. The molecule has 2 saturated heterocycles. The number of aryl methyl sites for hydroxylation is 1. The van der Waals surface area contributed by atoms with E-state index in [9.17, 15) is 8.42 Å². The van der Waals surface area contributed by atoms with E-state index in [2.05, 4.69) is 35.9 Å². The zero-order valence-electron chi connectivity index (χ0n) is 18.5. The van der Waals surface area contributed by atoms with Crippen LogP contribution in [0.2, 0.25) is 5.02 Å². The molecule has 0 spiro atoms. The molecule has 2 aliphatic rings. The molecule has 4 rings (SSSR count). The summed E-state index contributed by atoms with van der Waals surface area (Å²) in [5, 5.41) is 0.894. The first-order valence-corrected chi connectivity index (χ1v) is 13.1. The van der Waals surface area contributed by atoms with E-state index in [0.29, 0.717) is 0 Å². The maximum atomic E-state index is 11.7. The minimum Gasteiger partial charge on any atom is -0.372 e. The van der Waals surface area contributed by atoms with E-state index in [-0.39, 0.29) is 22.1 Å². The van der Waals surface area contributed by atoms with Crippen LogP contribution in [0.4, 0.5) is 0 Å². The monoisotopic (exact) mass is 462 g/mol. The van der Waals surface area contributed by atoms with Crippen molar-refractivity contribution in [2.75, 3.05) is 19.3 Å². The summed E-state index contributed by atoms with van der Waals surface area (Å²) in [5.41, 5.74) is 2.41. The van der Waals surface area contributed by atoms with E-state index in [1.54, 1.807) is 12.3 Å². The van der Waals surface area contributed by atoms with Crippen LogP contribution in [0.25, 0.3) is 0 Å². The van der Waals surface area contributed by atoms with Crippen molar-refractivity contribution in [2.45, 2.75) is 62.8 Å². The van der Waals surface area contributed by atoms with Crippen LogP contribution in [0.1, 0.15) is 44.2 Å². The molecule has 0 bridgehead atoms. The Morgan fingerprint density at radius 1 is 1.16 bits per heavy atom. The lowest BCUT2D eigenvalue weighted by molar-refractivity contribution is -0.230. The highest BCUT2D eigenvalue weighted by molar-refractivity contribution is 7.90. The third-order valence-corrected chi connectivity index (χ3v) is 7.95. The van der Waals surface area contributed by atoms with E-state index in [1.807, 2.05) is 18.2 Å². The summed E-state index contributed by atoms with van der Waals surface area (Å²) >= 11 is 6.03. The minimum atomic E-state index is -3.27. The van der Waals surface area contributed by atoms with Crippen LogP contribution in [0, 0.1) is 5.41 Å². The molecular formula is C24H31ClN2O3S. The summed E-state index contributed by atoms with van der Waals surface area (Å²) in [4.78, 5) is 6.67. The number of halogens is 1. The van der Waals surface area contributed by atoms with Crippen LogP contribution < -0.4 is 0 Å². The minimum absolute atomic E-state index is 0.0417. The Hall–Kier alpha value is -1.47. The standard InChI is InChI=1S/C24H31ClN2O3S/c1-23(2)14-21(30-23)24(11-10-18-6-9-22(26-15-18)31(3,28)29)12-13-27(17-24)16-19-4-7-20(25)8-5-19/h4-9,15,21H,10-14,16-17H2,1-3H3/t21?,24-/m1/s1. The average Bonchev–Trinajstić information content (AvgIpc) is 3.10. The van der Waals surface area contributed by atoms with Crippen molar-refractivity contribution in [3.05, 3.63) is 58.7 Å². The van der Waals surface area contributed by atoms with Crippen molar-refractivity contribution >= 4 is 21.4 Å². The van der Waals surface area contributed by atoms with Crippen molar-refractivity contribution < 1.29 is 13.2 Å². The van der Waals surface area contributed by atoms with E-state index in [4.69, 9.17) is 16.3 Å². The summed E-state index contributed by atoms with van der Waals surface area (Å²) in [5.74, 6) is 0. The lowest BCUT2D eigenvalue weighted by atomic mass is 9.70. The van der Waals surface area contributed by atoms with Gasteiger partial charge < -0.3 is 4.74 Å². The highest BCUT2D eigenvalue weighted by Gasteiger charge is 2.52. The molecule has 2 fully saturated rings. The lowest BCUT2D eigenvalue weighted by Gasteiger charge is -2.52. The Morgan fingerprint density at radius 2 is 1.84 bits per heavy atom. The molecule has 0 radical (unpaired) electrons. The number of aromatic nitrogens is 1. The number of ether oxygens (including phenoxy) is 1. The molecule has 0 N–H and O–H groups in total. The van der Waals surface area contributed by atoms with Gasteiger partial charge in [0.15, 0.2) is 14.9 Å². The molecule has 168 valence electrons. The summed E-state index contributed by atoms with van der Waals surface area (Å²) in [7, 11) is -3.27. The second-order valence-corrected chi connectivity index (χ2v) is 12.2. The Kier molecular flexibility index (Phi) is 6.21. The zero-order chi connectivity index (χ0) is 22.3. The molecule has 2 aromatic rings. The van der Waals surface area contributed by atoms with Crippen LogP contribution in [-0.4, -0.2) is 49.4 Å². The average molecular weight is 463 g/mol. The van der Waals surface area contributed by atoms with Gasteiger partial charge in [0.25, 0.3) is 0 Å². The van der Waals surface area contributed by atoms with Crippen molar-refractivity contribution in [3.8, 4) is 0 Å². The van der Waals surface area contributed by atoms with Gasteiger partial charge in [-0.05, 0) is 69.0 Å². The highest BCUT2D eigenvalue weighted by Crippen LogP contribution is 2.49. The molecule has 2 aliphatic heterocycles. The van der Waals surface area contributed by atoms with Crippen LogP contribution in [-0.2, 0) is 27.5 Å². The summed E-state index contributed by atoms with van der Waals surface area (Å²) in [6, 6.07) is 11.6. The van der Waals surface area contributed by atoms with Crippen LogP contribution in [0.15, 0.2) is 47.6 Å². The highest BCUT2D eigenvalue weighted by atomic mass is 35.5. The number of hydrogen-bond acceptors (Lipinski definition) is 5. The van der Waals surface area contributed by atoms with Crippen molar-refractivity contribution in [2.24, 2.45) is 5.41 Å². The van der Waals surface area contributed by atoms with Gasteiger partial charge in [0.1, 0.15) is 0 Å². The molecule has 5 nitrogen and oxygen atoms in total. The summed E-state index contributed by atoms with van der Waals surface area (Å²) < 4.78 is 29.7. The van der Waals surface area contributed by atoms with E-state index < -0.39 is 9.84 Å². The molecule has 2 atom stereocenters. The predicted octanol–water partition coefficient (Wildman–Crippen LogP) is 4.53. The fourth-order valence-electron chi connectivity index (χ4n) is 4.93. The molecule has 0 amide bonds. The number of likely N-dealkylation sites (tertiary alicyclic amines) is 1. The van der Waals surface area contributed by atoms with E-state index in [1.165, 1.54) is 11.8 Å². The van der Waals surface area contributed by atoms with Crippen molar-refractivity contribution in [1.82, 2.24) is 9.88 Å². The van der Waals surface area contributed by atoms with Gasteiger partial charge in [-0.3, -0.25) is 4.90 Å².